The largest absolute Gasteiger partial charge is 0.456 e. The fraction of sp³-hybridized carbons (Fsp3) is 0.0233. The van der Waals surface area contributed by atoms with Gasteiger partial charge < -0.3 is 13.6 Å². The van der Waals surface area contributed by atoms with Crippen molar-refractivity contribution >= 4 is 66.7 Å². The summed E-state index contributed by atoms with van der Waals surface area (Å²) in [5.41, 5.74) is 11.1. The number of para-hydroxylation sites is 4. The SMILES string of the molecule is C=Cc1c(/C=C\C)oc2ccc3c4ccccc4n(-c4cccc(-c5ccccc5-n5c6ccccc6c6ccccc65)c4)c3c12. The van der Waals surface area contributed by atoms with Gasteiger partial charge in [0.1, 0.15) is 11.3 Å². The van der Waals surface area contributed by atoms with Crippen LogP contribution in [0, 0.1) is 0 Å². The standard InChI is InChI=1S/C43H30N2O/c1-3-14-40-30(4-2)42-41(46-40)26-25-35-34-20-8-10-22-37(34)44(43(35)42)29-16-13-15-28(27-29)31-17-5-9-21-36(31)45-38-23-11-6-18-32(38)33-19-7-12-24-39(33)45/h3-27H,2H2,1H3/b14-3-. The van der Waals surface area contributed by atoms with Crippen molar-refractivity contribution in [2.75, 3.05) is 0 Å². The predicted molar refractivity (Wildman–Crippen MR) is 195 cm³/mol. The van der Waals surface area contributed by atoms with E-state index in [1.54, 1.807) is 0 Å². The number of fused-ring (bicyclic) bond motifs is 8. The summed E-state index contributed by atoms with van der Waals surface area (Å²) in [7, 11) is 0. The number of benzene rings is 6. The van der Waals surface area contributed by atoms with Gasteiger partial charge in [-0.1, -0.05) is 104 Å². The molecule has 9 rings (SSSR count). The van der Waals surface area contributed by atoms with E-state index in [4.69, 9.17) is 4.42 Å². The van der Waals surface area contributed by atoms with E-state index in [0.29, 0.717) is 0 Å². The van der Waals surface area contributed by atoms with Crippen LogP contribution in [0.25, 0.3) is 89.2 Å². The van der Waals surface area contributed by atoms with Crippen LogP contribution in [-0.2, 0) is 0 Å². The van der Waals surface area contributed by atoms with Crippen LogP contribution in [0.5, 0.6) is 0 Å². The van der Waals surface area contributed by atoms with E-state index < -0.39 is 0 Å². The Kier molecular flexibility index (Phi) is 5.87. The number of allylic oxidation sites excluding steroid dienone is 1. The van der Waals surface area contributed by atoms with Crippen LogP contribution in [0.3, 0.4) is 0 Å². The van der Waals surface area contributed by atoms with Gasteiger partial charge in [-0.2, -0.15) is 0 Å². The van der Waals surface area contributed by atoms with E-state index in [9.17, 15) is 0 Å². The molecule has 218 valence electrons. The Bertz CT molecular complexity index is 2620. The molecule has 3 aromatic heterocycles. The van der Waals surface area contributed by atoms with E-state index >= 15 is 0 Å². The van der Waals surface area contributed by atoms with Crippen LogP contribution in [0.2, 0.25) is 0 Å². The van der Waals surface area contributed by atoms with E-state index in [-0.39, 0.29) is 0 Å². The molecule has 0 unspecified atom stereocenters. The number of hydrogen-bond donors (Lipinski definition) is 0. The summed E-state index contributed by atoms with van der Waals surface area (Å²) in [4.78, 5) is 0. The average molecular weight is 591 g/mol. The lowest BCUT2D eigenvalue weighted by atomic mass is 10.0. The van der Waals surface area contributed by atoms with Gasteiger partial charge in [-0.3, -0.25) is 0 Å². The molecule has 3 nitrogen and oxygen atoms in total. The van der Waals surface area contributed by atoms with Gasteiger partial charge in [0, 0.05) is 38.4 Å². The lowest BCUT2D eigenvalue weighted by Crippen LogP contribution is -1.98. The minimum absolute atomic E-state index is 0.825. The van der Waals surface area contributed by atoms with Gasteiger partial charge in [-0.15, -0.1) is 0 Å². The average Bonchev–Trinajstić information content (AvgIpc) is 3.75. The molecular formula is C43H30N2O. The highest BCUT2D eigenvalue weighted by Crippen LogP contribution is 2.42. The molecule has 0 bridgehead atoms. The first-order valence-electron chi connectivity index (χ1n) is 15.7. The van der Waals surface area contributed by atoms with Crippen molar-refractivity contribution in [2.24, 2.45) is 0 Å². The van der Waals surface area contributed by atoms with Crippen molar-refractivity contribution in [3.63, 3.8) is 0 Å². The Balaban J connectivity index is 1.33. The third kappa shape index (κ3) is 3.72. The van der Waals surface area contributed by atoms with E-state index in [0.717, 1.165) is 50.3 Å². The summed E-state index contributed by atoms with van der Waals surface area (Å²) in [6.07, 6.45) is 5.94. The number of nitrogens with zero attached hydrogens (tertiary/aromatic N) is 2. The molecule has 0 N–H and O–H groups in total. The molecule has 0 atom stereocenters. The van der Waals surface area contributed by atoms with Crippen LogP contribution in [0.4, 0.5) is 0 Å². The van der Waals surface area contributed by atoms with Gasteiger partial charge in [-0.25, -0.2) is 0 Å². The Labute approximate surface area is 266 Å². The van der Waals surface area contributed by atoms with Crippen molar-refractivity contribution in [3.8, 4) is 22.5 Å². The van der Waals surface area contributed by atoms with Crippen LogP contribution < -0.4 is 0 Å². The van der Waals surface area contributed by atoms with Gasteiger partial charge in [0.25, 0.3) is 0 Å². The molecule has 0 amide bonds. The molecule has 0 saturated carbocycles. The summed E-state index contributed by atoms with van der Waals surface area (Å²) < 4.78 is 11.2. The minimum Gasteiger partial charge on any atom is -0.456 e. The molecule has 0 spiro atoms. The smallest absolute Gasteiger partial charge is 0.137 e. The number of rotatable bonds is 5. The third-order valence-corrected chi connectivity index (χ3v) is 9.22. The molecule has 3 heterocycles. The highest BCUT2D eigenvalue weighted by molar-refractivity contribution is 6.20. The van der Waals surface area contributed by atoms with E-state index in [2.05, 4.69) is 149 Å². The lowest BCUT2D eigenvalue weighted by molar-refractivity contribution is 0.603. The van der Waals surface area contributed by atoms with Gasteiger partial charge in [0.2, 0.25) is 0 Å². The van der Waals surface area contributed by atoms with Gasteiger partial charge in [0.15, 0.2) is 0 Å². The molecule has 3 heteroatoms. The quantitative estimate of drug-likeness (QED) is 0.195. The monoisotopic (exact) mass is 590 g/mol. The first kappa shape index (κ1) is 26.4. The maximum Gasteiger partial charge on any atom is 0.137 e. The maximum atomic E-state index is 6.37. The van der Waals surface area contributed by atoms with Gasteiger partial charge in [-0.05, 0) is 67.1 Å². The minimum atomic E-state index is 0.825. The maximum absolute atomic E-state index is 6.37. The molecule has 0 fully saturated rings. The Hall–Kier alpha value is -6.06. The number of furan rings is 1. The van der Waals surface area contributed by atoms with Crippen molar-refractivity contribution in [3.05, 3.63) is 157 Å². The second kappa shape index (κ2) is 10.3. The Morgan fingerprint density at radius 3 is 1.93 bits per heavy atom. The molecular weight excluding hydrogens is 560 g/mol. The molecule has 0 saturated heterocycles. The highest BCUT2D eigenvalue weighted by Gasteiger charge is 2.21. The molecule has 9 aromatic rings. The van der Waals surface area contributed by atoms with Crippen molar-refractivity contribution in [1.82, 2.24) is 9.13 Å². The fourth-order valence-electron chi connectivity index (χ4n) is 7.33. The second-order valence-electron chi connectivity index (χ2n) is 11.7. The summed E-state index contributed by atoms with van der Waals surface area (Å²) in [5, 5.41) is 5.99. The van der Waals surface area contributed by atoms with E-state index in [1.165, 1.54) is 38.1 Å². The van der Waals surface area contributed by atoms with Crippen molar-refractivity contribution < 1.29 is 4.42 Å². The number of aromatic nitrogens is 2. The second-order valence-corrected chi connectivity index (χ2v) is 11.7. The number of hydrogen-bond acceptors (Lipinski definition) is 1. The van der Waals surface area contributed by atoms with Crippen molar-refractivity contribution in [2.45, 2.75) is 6.92 Å². The van der Waals surface area contributed by atoms with Gasteiger partial charge in [0.05, 0.1) is 33.1 Å². The molecule has 0 aliphatic rings. The molecule has 46 heavy (non-hydrogen) atoms. The van der Waals surface area contributed by atoms with Crippen LogP contribution in [0.15, 0.2) is 151 Å². The fourth-order valence-corrected chi connectivity index (χ4v) is 7.33. The predicted octanol–water partition coefficient (Wildman–Crippen LogP) is 12.0. The summed E-state index contributed by atoms with van der Waals surface area (Å²) >= 11 is 0. The van der Waals surface area contributed by atoms with E-state index in [1.807, 2.05) is 25.2 Å². The third-order valence-electron chi connectivity index (χ3n) is 9.22. The zero-order valence-corrected chi connectivity index (χ0v) is 25.4. The lowest BCUT2D eigenvalue weighted by Gasteiger charge is -2.16. The molecule has 0 radical (unpaired) electrons. The van der Waals surface area contributed by atoms with Crippen LogP contribution in [0.1, 0.15) is 18.2 Å². The normalized spacial score (nSPS) is 12.0. The zero-order chi connectivity index (χ0) is 30.8. The van der Waals surface area contributed by atoms with Crippen LogP contribution >= 0.6 is 0 Å². The topological polar surface area (TPSA) is 23.0 Å². The first-order valence-corrected chi connectivity index (χ1v) is 15.7. The summed E-state index contributed by atoms with van der Waals surface area (Å²) in [6.45, 7) is 6.19. The molecule has 0 aliphatic carbocycles. The molecule has 0 aliphatic heterocycles. The van der Waals surface area contributed by atoms with Crippen LogP contribution in [-0.4, -0.2) is 9.13 Å². The highest BCUT2D eigenvalue weighted by atomic mass is 16.3. The Morgan fingerprint density at radius 1 is 0.609 bits per heavy atom. The Morgan fingerprint density at radius 2 is 1.24 bits per heavy atom. The van der Waals surface area contributed by atoms with Gasteiger partial charge >= 0.3 is 0 Å². The summed E-state index contributed by atoms with van der Waals surface area (Å²) in [6, 6.07) is 47.9. The van der Waals surface area contributed by atoms with Crippen molar-refractivity contribution in [1.29, 1.82) is 0 Å². The zero-order valence-electron chi connectivity index (χ0n) is 25.4. The molecule has 6 aromatic carbocycles. The summed E-state index contributed by atoms with van der Waals surface area (Å²) in [5.74, 6) is 0.825. The first-order chi connectivity index (χ1) is 22.8.